The van der Waals surface area contributed by atoms with Gasteiger partial charge in [0.05, 0.1) is 0 Å². The molecule has 0 aliphatic heterocycles. The minimum atomic E-state index is -4.70. The summed E-state index contributed by atoms with van der Waals surface area (Å²) >= 11 is 5.68. The minimum Gasteiger partial charge on any atom is -0.406 e. The monoisotopic (exact) mass is 253 g/mol. The van der Waals surface area contributed by atoms with E-state index < -0.39 is 6.36 Å². The van der Waals surface area contributed by atoms with E-state index in [-0.39, 0.29) is 10.8 Å². The predicted octanol–water partition coefficient (Wildman–Crippen LogP) is 3.13. The van der Waals surface area contributed by atoms with Crippen LogP contribution in [0.1, 0.15) is 12.0 Å². The van der Waals surface area contributed by atoms with Gasteiger partial charge in [0.2, 0.25) is 0 Å². The molecule has 0 saturated heterocycles. The molecule has 2 N–H and O–H groups in total. The van der Waals surface area contributed by atoms with E-state index >= 15 is 0 Å². The Hall–Kier alpha value is -0.940. The molecule has 0 amide bonds. The van der Waals surface area contributed by atoms with Gasteiger partial charge in [0.15, 0.2) is 0 Å². The standard InChI is InChI=1S/C10H11ClF3NO/c11-8-4-7(2-1-3-15)5-9(6-8)16-10(12,13)14/h4-6H,1-3,15H2. The molecule has 0 aliphatic rings. The number of alkyl halides is 3. The number of halogens is 4. The van der Waals surface area contributed by atoms with Gasteiger partial charge in [-0.2, -0.15) is 0 Å². The van der Waals surface area contributed by atoms with Crippen LogP contribution in [0.4, 0.5) is 13.2 Å². The van der Waals surface area contributed by atoms with Gasteiger partial charge < -0.3 is 10.5 Å². The van der Waals surface area contributed by atoms with Gasteiger partial charge >= 0.3 is 6.36 Å². The van der Waals surface area contributed by atoms with Gasteiger partial charge in [-0.1, -0.05) is 11.6 Å². The summed E-state index contributed by atoms with van der Waals surface area (Å²) in [6, 6.07) is 4.04. The van der Waals surface area contributed by atoms with Gasteiger partial charge in [0.1, 0.15) is 5.75 Å². The molecule has 2 nitrogen and oxygen atoms in total. The van der Waals surface area contributed by atoms with E-state index in [1.54, 1.807) is 6.07 Å². The third-order valence-electron chi connectivity index (χ3n) is 1.83. The Morgan fingerprint density at radius 1 is 1.25 bits per heavy atom. The van der Waals surface area contributed by atoms with Crippen LogP contribution in [0.15, 0.2) is 18.2 Å². The van der Waals surface area contributed by atoms with Crippen molar-refractivity contribution in [1.82, 2.24) is 0 Å². The lowest BCUT2D eigenvalue weighted by molar-refractivity contribution is -0.274. The van der Waals surface area contributed by atoms with Gasteiger partial charge in [-0.3, -0.25) is 0 Å². The molecule has 0 unspecified atom stereocenters. The fourth-order valence-corrected chi connectivity index (χ4v) is 1.51. The topological polar surface area (TPSA) is 35.2 Å². The number of nitrogens with two attached hydrogens (primary N) is 1. The first kappa shape index (κ1) is 13.1. The normalized spacial score (nSPS) is 11.6. The summed E-state index contributed by atoms with van der Waals surface area (Å²) in [6.45, 7) is 0.474. The maximum Gasteiger partial charge on any atom is 0.573 e. The zero-order valence-corrected chi connectivity index (χ0v) is 9.11. The first-order valence-electron chi connectivity index (χ1n) is 4.66. The van der Waals surface area contributed by atoms with Gasteiger partial charge in [-0.15, -0.1) is 13.2 Å². The van der Waals surface area contributed by atoms with Crippen molar-refractivity contribution in [3.05, 3.63) is 28.8 Å². The molecule has 0 radical (unpaired) electrons. The number of rotatable bonds is 4. The van der Waals surface area contributed by atoms with Crippen LogP contribution in [0.2, 0.25) is 5.02 Å². The van der Waals surface area contributed by atoms with E-state index in [9.17, 15) is 13.2 Å². The summed E-state index contributed by atoms with van der Waals surface area (Å²) in [6.07, 6.45) is -3.44. The Morgan fingerprint density at radius 3 is 2.50 bits per heavy atom. The Bertz CT molecular complexity index is 354. The molecule has 0 fully saturated rings. The maximum absolute atomic E-state index is 12.0. The van der Waals surface area contributed by atoms with E-state index in [0.717, 1.165) is 6.07 Å². The lowest BCUT2D eigenvalue weighted by Crippen LogP contribution is -2.17. The molecular formula is C10H11ClF3NO. The van der Waals surface area contributed by atoms with Crippen LogP contribution in [-0.2, 0) is 6.42 Å². The quantitative estimate of drug-likeness (QED) is 0.895. The van der Waals surface area contributed by atoms with Crippen molar-refractivity contribution < 1.29 is 17.9 Å². The van der Waals surface area contributed by atoms with Gasteiger partial charge in [0, 0.05) is 5.02 Å². The van der Waals surface area contributed by atoms with E-state index in [1.165, 1.54) is 6.07 Å². The third kappa shape index (κ3) is 4.72. The number of hydrogen-bond donors (Lipinski definition) is 1. The molecule has 0 atom stereocenters. The molecule has 6 heteroatoms. The van der Waals surface area contributed by atoms with Crippen molar-refractivity contribution in [3.63, 3.8) is 0 Å². The lowest BCUT2D eigenvalue weighted by Gasteiger charge is -2.10. The molecule has 1 aromatic carbocycles. The molecule has 1 aromatic rings. The van der Waals surface area contributed by atoms with E-state index in [1.807, 2.05) is 0 Å². The Balaban J connectivity index is 2.81. The molecule has 90 valence electrons. The SMILES string of the molecule is NCCCc1cc(Cl)cc(OC(F)(F)F)c1. The van der Waals surface area contributed by atoms with Crippen molar-refractivity contribution in [3.8, 4) is 5.75 Å². The summed E-state index contributed by atoms with van der Waals surface area (Å²) in [5.74, 6) is -0.299. The first-order valence-corrected chi connectivity index (χ1v) is 5.04. The second kappa shape index (κ2) is 5.41. The fourth-order valence-electron chi connectivity index (χ4n) is 1.26. The summed E-state index contributed by atoms with van der Waals surface area (Å²) in [5, 5.41) is 0.216. The van der Waals surface area contributed by atoms with Crippen molar-refractivity contribution in [2.75, 3.05) is 6.54 Å². The number of ether oxygens (including phenoxy) is 1. The molecule has 16 heavy (non-hydrogen) atoms. The van der Waals surface area contributed by atoms with Gasteiger partial charge in [-0.05, 0) is 43.1 Å². The van der Waals surface area contributed by atoms with Crippen molar-refractivity contribution in [2.24, 2.45) is 5.73 Å². The minimum absolute atomic E-state index is 0.216. The van der Waals surface area contributed by atoms with Crippen LogP contribution in [0.5, 0.6) is 5.75 Å². The molecule has 0 aromatic heterocycles. The second-order valence-corrected chi connectivity index (χ2v) is 3.67. The summed E-state index contributed by atoms with van der Waals surface area (Å²) in [7, 11) is 0. The zero-order valence-electron chi connectivity index (χ0n) is 8.35. The van der Waals surface area contributed by atoms with Crippen LogP contribution in [0, 0.1) is 0 Å². The molecule has 0 heterocycles. The smallest absolute Gasteiger partial charge is 0.406 e. The summed E-state index contributed by atoms with van der Waals surface area (Å²) < 4.78 is 39.7. The highest BCUT2D eigenvalue weighted by atomic mass is 35.5. The van der Waals surface area contributed by atoms with Crippen molar-refractivity contribution in [1.29, 1.82) is 0 Å². The molecular weight excluding hydrogens is 243 g/mol. The van der Waals surface area contributed by atoms with Crippen LogP contribution in [-0.4, -0.2) is 12.9 Å². The van der Waals surface area contributed by atoms with E-state index in [0.29, 0.717) is 24.9 Å². The zero-order chi connectivity index (χ0) is 12.2. The number of aryl methyl sites for hydroxylation is 1. The Labute approximate surface area is 96.1 Å². The Kier molecular flexibility index (Phi) is 4.44. The predicted molar refractivity (Wildman–Crippen MR) is 55.5 cm³/mol. The molecule has 1 rings (SSSR count). The summed E-state index contributed by atoms with van der Waals surface area (Å²) in [4.78, 5) is 0. The highest BCUT2D eigenvalue weighted by Crippen LogP contribution is 2.27. The molecule has 0 spiro atoms. The average Bonchev–Trinajstić information content (AvgIpc) is 2.10. The molecule has 0 saturated carbocycles. The summed E-state index contributed by atoms with van der Waals surface area (Å²) in [5.41, 5.74) is 5.99. The molecule has 0 aliphatic carbocycles. The van der Waals surface area contributed by atoms with Crippen molar-refractivity contribution in [2.45, 2.75) is 19.2 Å². The molecule has 0 bridgehead atoms. The first-order chi connectivity index (χ1) is 7.40. The second-order valence-electron chi connectivity index (χ2n) is 3.24. The highest BCUT2D eigenvalue weighted by molar-refractivity contribution is 6.30. The number of hydrogen-bond acceptors (Lipinski definition) is 2. The highest BCUT2D eigenvalue weighted by Gasteiger charge is 2.31. The van der Waals surface area contributed by atoms with Crippen LogP contribution < -0.4 is 10.5 Å². The number of benzene rings is 1. The Morgan fingerprint density at radius 2 is 1.94 bits per heavy atom. The lowest BCUT2D eigenvalue weighted by atomic mass is 10.1. The van der Waals surface area contributed by atoms with E-state index in [2.05, 4.69) is 4.74 Å². The third-order valence-corrected chi connectivity index (χ3v) is 2.05. The van der Waals surface area contributed by atoms with E-state index in [4.69, 9.17) is 17.3 Å². The van der Waals surface area contributed by atoms with Crippen LogP contribution in [0.25, 0.3) is 0 Å². The average molecular weight is 254 g/mol. The van der Waals surface area contributed by atoms with Crippen LogP contribution >= 0.6 is 11.6 Å². The fraction of sp³-hybridized carbons (Fsp3) is 0.400. The van der Waals surface area contributed by atoms with Gasteiger partial charge in [0.25, 0.3) is 0 Å². The largest absolute Gasteiger partial charge is 0.573 e. The van der Waals surface area contributed by atoms with Gasteiger partial charge in [-0.25, -0.2) is 0 Å². The van der Waals surface area contributed by atoms with Crippen molar-refractivity contribution >= 4 is 11.6 Å². The maximum atomic E-state index is 12.0. The van der Waals surface area contributed by atoms with Crippen LogP contribution in [0.3, 0.4) is 0 Å².